The van der Waals surface area contributed by atoms with Gasteiger partial charge in [0.15, 0.2) is 0 Å². The second kappa shape index (κ2) is 4.35. The lowest BCUT2D eigenvalue weighted by molar-refractivity contribution is 0.652. The molecule has 0 aromatic heterocycles. The molecule has 1 saturated carbocycles. The van der Waals surface area contributed by atoms with Gasteiger partial charge in [-0.2, -0.15) is 0 Å². The van der Waals surface area contributed by atoms with E-state index in [0.717, 1.165) is 12.8 Å². The molecular weight excluding hydrogens is 168 g/mol. The first-order valence-corrected chi connectivity index (χ1v) is 5.91. The Kier molecular flexibility index (Phi) is 3.71. The van der Waals surface area contributed by atoms with Crippen LogP contribution in [-0.2, 0) is 10.0 Å². The summed E-state index contributed by atoms with van der Waals surface area (Å²) in [4.78, 5) is 0. The van der Waals surface area contributed by atoms with Gasteiger partial charge in [0.05, 0.1) is 0 Å². The van der Waals surface area contributed by atoms with Crippen LogP contribution in [0.15, 0.2) is 0 Å². The minimum atomic E-state index is -1.09. The van der Waals surface area contributed by atoms with Gasteiger partial charge in [-0.3, -0.25) is 0 Å². The lowest BCUT2D eigenvalue weighted by Crippen LogP contribution is -2.08. The fraction of sp³-hybridized carbons (Fsp3) is 1.00. The summed E-state index contributed by atoms with van der Waals surface area (Å²) in [6.45, 7) is 0. The Balaban J connectivity index is 2.35. The van der Waals surface area contributed by atoms with Gasteiger partial charge >= 0.3 is 0 Å². The molecule has 0 aromatic rings. The van der Waals surface area contributed by atoms with Crippen molar-refractivity contribution >= 4 is 20.7 Å². The average molecular weight is 181 g/mol. The van der Waals surface area contributed by atoms with Crippen LogP contribution in [0.4, 0.5) is 0 Å². The Hall–Kier alpha value is 0.440. The summed E-state index contributed by atoms with van der Waals surface area (Å²) < 4.78 is 10.8. The van der Waals surface area contributed by atoms with Crippen molar-refractivity contribution in [2.75, 3.05) is 0 Å². The summed E-state index contributed by atoms with van der Waals surface area (Å²) in [7, 11) is 4.41. The number of rotatable bonds is 1. The predicted octanol–water partition coefficient (Wildman–Crippen LogP) is 2.61. The molecule has 1 atom stereocenters. The van der Waals surface area contributed by atoms with Crippen LogP contribution in [0.5, 0.6) is 0 Å². The van der Waals surface area contributed by atoms with E-state index in [1.54, 1.807) is 0 Å². The van der Waals surface area contributed by atoms with Crippen LogP contribution in [0.2, 0.25) is 0 Å². The molecule has 1 unspecified atom stereocenters. The summed E-state index contributed by atoms with van der Waals surface area (Å²) in [5, 5.41) is 0.282. The average Bonchev–Trinajstić information content (AvgIpc) is 2.12. The third-order valence-electron chi connectivity index (χ3n) is 2.06. The van der Waals surface area contributed by atoms with E-state index in [0.29, 0.717) is 0 Å². The molecule has 10 heavy (non-hydrogen) atoms. The highest BCUT2D eigenvalue weighted by Gasteiger charge is 2.16. The normalized spacial score (nSPS) is 25.7. The minimum absolute atomic E-state index is 0.282. The molecule has 3 heteroatoms. The van der Waals surface area contributed by atoms with Crippen LogP contribution in [0.25, 0.3) is 0 Å². The topological polar surface area (TPSA) is 17.1 Å². The smallest absolute Gasteiger partial charge is 0.118 e. The molecule has 1 aliphatic rings. The number of halogens is 1. The molecule has 0 spiro atoms. The highest BCUT2D eigenvalue weighted by Crippen LogP contribution is 2.22. The number of hydrogen-bond acceptors (Lipinski definition) is 1. The molecule has 0 radical (unpaired) electrons. The number of hydrogen-bond donors (Lipinski definition) is 0. The van der Waals surface area contributed by atoms with Crippen LogP contribution in [0, 0.1) is 0 Å². The Morgan fingerprint density at radius 1 is 1.10 bits per heavy atom. The van der Waals surface area contributed by atoms with E-state index in [4.69, 9.17) is 10.7 Å². The van der Waals surface area contributed by atoms with Gasteiger partial charge in [0.2, 0.25) is 0 Å². The molecular formula is C7H13ClOS. The zero-order chi connectivity index (χ0) is 7.40. The Morgan fingerprint density at radius 2 is 1.60 bits per heavy atom. The maximum atomic E-state index is 10.8. The van der Waals surface area contributed by atoms with Crippen molar-refractivity contribution in [2.45, 2.75) is 43.8 Å². The second-order valence-corrected chi connectivity index (χ2v) is 4.94. The molecule has 0 bridgehead atoms. The predicted molar refractivity (Wildman–Crippen MR) is 45.5 cm³/mol. The molecule has 1 fully saturated rings. The molecule has 1 aliphatic carbocycles. The van der Waals surface area contributed by atoms with Crippen LogP contribution in [-0.4, -0.2) is 9.46 Å². The Morgan fingerprint density at radius 3 is 2.00 bits per heavy atom. The zero-order valence-electron chi connectivity index (χ0n) is 6.01. The van der Waals surface area contributed by atoms with Crippen LogP contribution < -0.4 is 0 Å². The first-order chi connectivity index (χ1) is 4.80. The van der Waals surface area contributed by atoms with Gasteiger partial charge in [-0.05, 0) is 23.5 Å². The quantitative estimate of drug-likeness (QED) is 0.448. The standard InChI is InChI=1S/C7H13ClOS/c8-10(9)7-5-3-1-2-4-6-7/h7H,1-6H2. The summed E-state index contributed by atoms with van der Waals surface area (Å²) in [5.74, 6) is 0. The van der Waals surface area contributed by atoms with Gasteiger partial charge in [-0.1, -0.05) is 25.7 Å². The zero-order valence-corrected chi connectivity index (χ0v) is 7.59. The van der Waals surface area contributed by atoms with E-state index in [2.05, 4.69) is 0 Å². The Labute approximate surface area is 69.1 Å². The molecule has 1 nitrogen and oxygen atoms in total. The van der Waals surface area contributed by atoms with Crippen molar-refractivity contribution in [3.05, 3.63) is 0 Å². The molecule has 1 rings (SSSR count). The van der Waals surface area contributed by atoms with Gasteiger partial charge in [0.1, 0.15) is 10.0 Å². The lowest BCUT2D eigenvalue weighted by atomic mass is 10.2. The first kappa shape index (κ1) is 8.54. The van der Waals surface area contributed by atoms with E-state index < -0.39 is 10.0 Å². The van der Waals surface area contributed by atoms with Crippen molar-refractivity contribution in [2.24, 2.45) is 0 Å². The van der Waals surface area contributed by atoms with Gasteiger partial charge in [-0.25, -0.2) is 4.21 Å². The van der Waals surface area contributed by atoms with Crippen molar-refractivity contribution in [3.63, 3.8) is 0 Å². The molecule has 0 aromatic carbocycles. The molecule has 0 amide bonds. The molecule has 0 N–H and O–H groups in total. The Bertz CT molecular complexity index is 119. The van der Waals surface area contributed by atoms with Crippen molar-refractivity contribution in [3.8, 4) is 0 Å². The highest BCUT2D eigenvalue weighted by molar-refractivity contribution is 8.08. The molecule has 0 saturated heterocycles. The van der Waals surface area contributed by atoms with E-state index in [-0.39, 0.29) is 5.25 Å². The molecule has 0 aliphatic heterocycles. The van der Waals surface area contributed by atoms with E-state index in [1.165, 1.54) is 25.7 Å². The summed E-state index contributed by atoms with van der Waals surface area (Å²) in [5.41, 5.74) is 0. The third-order valence-corrected chi connectivity index (χ3v) is 3.82. The van der Waals surface area contributed by atoms with Gasteiger partial charge in [0.25, 0.3) is 0 Å². The third kappa shape index (κ3) is 2.59. The maximum Gasteiger partial charge on any atom is 0.118 e. The maximum absolute atomic E-state index is 10.8. The van der Waals surface area contributed by atoms with Crippen LogP contribution in [0.1, 0.15) is 38.5 Å². The minimum Gasteiger partial charge on any atom is -0.242 e. The summed E-state index contributed by atoms with van der Waals surface area (Å²) in [6.07, 6.45) is 7.15. The van der Waals surface area contributed by atoms with Crippen LogP contribution >= 0.6 is 10.7 Å². The van der Waals surface area contributed by atoms with Gasteiger partial charge in [-0.15, -0.1) is 0 Å². The fourth-order valence-electron chi connectivity index (χ4n) is 1.43. The van der Waals surface area contributed by atoms with Gasteiger partial charge < -0.3 is 0 Å². The summed E-state index contributed by atoms with van der Waals surface area (Å²) >= 11 is 0. The van der Waals surface area contributed by atoms with E-state index >= 15 is 0 Å². The summed E-state index contributed by atoms with van der Waals surface area (Å²) in [6, 6.07) is 0. The van der Waals surface area contributed by atoms with Crippen molar-refractivity contribution in [1.29, 1.82) is 0 Å². The van der Waals surface area contributed by atoms with Crippen molar-refractivity contribution in [1.82, 2.24) is 0 Å². The first-order valence-electron chi connectivity index (χ1n) is 3.87. The van der Waals surface area contributed by atoms with E-state index in [1.807, 2.05) is 0 Å². The second-order valence-electron chi connectivity index (χ2n) is 2.86. The SMILES string of the molecule is O=S(Cl)C1CCCCCC1. The van der Waals surface area contributed by atoms with Crippen LogP contribution in [0.3, 0.4) is 0 Å². The highest BCUT2D eigenvalue weighted by atomic mass is 35.7. The monoisotopic (exact) mass is 180 g/mol. The van der Waals surface area contributed by atoms with E-state index in [9.17, 15) is 4.21 Å². The molecule has 60 valence electrons. The molecule has 0 heterocycles. The van der Waals surface area contributed by atoms with Crippen molar-refractivity contribution < 1.29 is 4.21 Å². The van der Waals surface area contributed by atoms with Gasteiger partial charge in [0, 0.05) is 5.25 Å². The lowest BCUT2D eigenvalue weighted by Gasteiger charge is -2.06. The largest absolute Gasteiger partial charge is 0.242 e. The fourth-order valence-corrected chi connectivity index (χ4v) is 2.67.